The lowest BCUT2D eigenvalue weighted by Crippen LogP contribution is -2.41. The van der Waals surface area contributed by atoms with Crippen LogP contribution in [0.3, 0.4) is 0 Å². The second-order valence-corrected chi connectivity index (χ2v) is 9.17. The number of halogens is 3. The lowest BCUT2D eigenvalue weighted by atomic mass is 9.69. The summed E-state index contributed by atoms with van der Waals surface area (Å²) >= 11 is 0. The Kier molecular flexibility index (Phi) is 8.92. The van der Waals surface area contributed by atoms with Crippen molar-refractivity contribution in [3.8, 4) is 6.07 Å². The van der Waals surface area contributed by atoms with Crippen molar-refractivity contribution in [1.29, 1.82) is 5.26 Å². The Morgan fingerprint density at radius 2 is 1.47 bits per heavy atom. The van der Waals surface area contributed by atoms with Crippen LogP contribution in [0.1, 0.15) is 70.6 Å². The highest BCUT2D eigenvalue weighted by molar-refractivity contribution is 5.36. The third-order valence-electron chi connectivity index (χ3n) is 6.60. The molecule has 2 unspecified atom stereocenters. The molecule has 2 atom stereocenters. The molecule has 0 aliphatic carbocycles. The fourth-order valence-corrected chi connectivity index (χ4v) is 4.50. The average molecular weight is 445 g/mol. The van der Waals surface area contributed by atoms with Gasteiger partial charge in [-0.3, -0.25) is 4.90 Å². The maximum Gasteiger partial charge on any atom is 0.416 e. The lowest BCUT2D eigenvalue weighted by Gasteiger charge is -2.38. The van der Waals surface area contributed by atoms with E-state index in [0.717, 1.165) is 31.5 Å². The number of nitrogens with zero attached hydrogens (tertiary/aromatic N) is 2. The zero-order valence-corrected chi connectivity index (χ0v) is 19.8. The third kappa shape index (κ3) is 6.13. The molecule has 0 saturated heterocycles. The quantitative estimate of drug-likeness (QED) is 0.377. The van der Waals surface area contributed by atoms with Gasteiger partial charge in [-0.1, -0.05) is 63.2 Å². The topological polar surface area (TPSA) is 27.0 Å². The summed E-state index contributed by atoms with van der Waals surface area (Å²) < 4.78 is 39.1. The second kappa shape index (κ2) is 11.0. The van der Waals surface area contributed by atoms with Gasteiger partial charge in [0.15, 0.2) is 0 Å². The molecule has 0 radical (unpaired) electrons. The van der Waals surface area contributed by atoms with Crippen LogP contribution >= 0.6 is 0 Å². The van der Waals surface area contributed by atoms with Crippen LogP contribution in [0.2, 0.25) is 0 Å². The van der Waals surface area contributed by atoms with Crippen molar-refractivity contribution in [3.05, 3.63) is 71.3 Å². The molecule has 0 saturated carbocycles. The highest BCUT2D eigenvalue weighted by Gasteiger charge is 2.38. The first-order valence-corrected chi connectivity index (χ1v) is 11.4. The van der Waals surface area contributed by atoms with Crippen LogP contribution in [0.5, 0.6) is 0 Å². The highest BCUT2D eigenvalue weighted by Crippen LogP contribution is 2.39. The number of nitriles is 1. The van der Waals surface area contributed by atoms with E-state index in [0.29, 0.717) is 18.0 Å². The third-order valence-corrected chi connectivity index (χ3v) is 6.60. The number of rotatable bonds is 10. The van der Waals surface area contributed by atoms with Gasteiger partial charge in [0, 0.05) is 18.6 Å². The first-order valence-electron chi connectivity index (χ1n) is 11.4. The van der Waals surface area contributed by atoms with E-state index in [4.69, 9.17) is 0 Å². The van der Waals surface area contributed by atoms with E-state index >= 15 is 0 Å². The summed E-state index contributed by atoms with van der Waals surface area (Å²) in [4.78, 5) is 2.46. The Bertz CT molecular complexity index is 867. The Morgan fingerprint density at radius 3 is 1.91 bits per heavy atom. The van der Waals surface area contributed by atoms with E-state index in [-0.39, 0.29) is 12.0 Å². The molecule has 0 aliphatic rings. The van der Waals surface area contributed by atoms with Crippen molar-refractivity contribution in [2.45, 2.75) is 84.1 Å². The predicted octanol–water partition coefficient (Wildman–Crippen LogP) is 7.59. The SMILES string of the molecule is CCC(CCC(C#N)(c1ccc(C(F)(F)F)cc1)C(C)C)N(Cc1ccccc1)C(C)C. The number of hydrogen-bond donors (Lipinski definition) is 0. The van der Waals surface area contributed by atoms with E-state index in [9.17, 15) is 18.4 Å². The van der Waals surface area contributed by atoms with Crippen LogP contribution in [-0.4, -0.2) is 17.0 Å². The van der Waals surface area contributed by atoms with E-state index in [2.05, 4.69) is 43.9 Å². The van der Waals surface area contributed by atoms with Crippen molar-refractivity contribution in [2.24, 2.45) is 5.92 Å². The van der Waals surface area contributed by atoms with Crippen LogP contribution in [0, 0.1) is 17.2 Å². The highest BCUT2D eigenvalue weighted by atomic mass is 19.4. The van der Waals surface area contributed by atoms with Crippen LogP contribution in [0.25, 0.3) is 0 Å². The van der Waals surface area contributed by atoms with Gasteiger partial charge in [-0.2, -0.15) is 18.4 Å². The molecule has 0 spiro atoms. The zero-order chi connectivity index (χ0) is 23.9. The van der Waals surface area contributed by atoms with Gasteiger partial charge in [-0.05, 0) is 62.3 Å². The average Bonchev–Trinajstić information content (AvgIpc) is 2.76. The van der Waals surface area contributed by atoms with E-state index in [1.54, 1.807) is 0 Å². The second-order valence-electron chi connectivity index (χ2n) is 9.17. The molecule has 2 rings (SSSR count). The standard InChI is InChI=1S/C27H35F3N2/c1-6-25(32(21(4)5)18-22-10-8-7-9-11-22)16-17-26(19-31,20(2)3)23-12-14-24(15-13-23)27(28,29)30/h7-15,20-21,25H,6,16-18H2,1-5H3. The first-order chi connectivity index (χ1) is 15.0. The van der Waals surface area contributed by atoms with E-state index < -0.39 is 17.2 Å². The van der Waals surface area contributed by atoms with Gasteiger partial charge in [-0.15, -0.1) is 0 Å². The van der Waals surface area contributed by atoms with Crippen molar-refractivity contribution >= 4 is 0 Å². The van der Waals surface area contributed by atoms with Crippen LogP contribution in [0.15, 0.2) is 54.6 Å². The Balaban J connectivity index is 2.28. The Labute approximate surface area is 191 Å². The number of benzene rings is 2. The summed E-state index contributed by atoms with van der Waals surface area (Å²) in [5, 5.41) is 10.2. The van der Waals surface area contributed by atoms with Gasteiger partial charge in [0.05, 0.1) is 17.0 Å². The predicted molar refractivity (Wildman–Crippen MR) is 124 cm³/mol. The minimum atomic E-state index is -4.38. The minimum absolute atomic E-state index is 0.0247. The van der Waals surface area contributed by atoms with Crippen LogP contribution < -0.4 is 0 Å². The molecule has 0 aliphatic heterocycles. The number of hydrogen-bond acceptors (Lipinski definition) is 2. The molecule has 5 heteroatoms. The summed E-state index contributed by atoms with van der Waals surface area (Å²) in [6.45, 7) is 11.3. The Hall–Kier alpha value is -2.32. The normalized spacial score (nSPS) is 15.1. The van der Waals surface area contributed by atoms with Crippen LogP contribution in [0.4, 0.5) is 13.2 Å². The molecule has 174 valence electrons. The summed E-state index contributed by atoms with van der Waals surface area (Å²) in [7, 11) is 0. The smallest absolute Gasteiger partial charge is 0.294 e. The Morgan fingerprint density at radius 1 is 0.906 bits per heavy atom. The molecule has 0 amide bonds. The molecular weight excluding hydrogens is 409 g/mol. The summed E-state index contributed by atoms with van der Waals surface area (Å²) in [6.07, 6.45) is -2.04. The van der Waals surface area contributed by atoms with Gasteiger partial charge in [0.25, 0.3) is 0 Å². The first kappa shape index (κ1) is 25.9. The molecule has 0 N–H and O–H groups in total. The molecular formula is C27H35F3N2. The summed E-state index contributed by atoms with van der Waals surface area (Å²) in [5.41, 5.74) is 0.402. The minimum Gasteiger partial charge on any atom is -0.294 e. The molecule has 2 aromatic carbocycles. The molecule has 0 fully saturated rings. The molecule has 32 heavy (non-hydrogen) atoms. The fourth-order valence-electron chi connectivity index (χ4n) is 4.50. The van der Waals surface area contributed by atoms with Crippen molar-refractivity contribution in [2.75, 3.05) is 0 Å². The largest absolute Gasteiger partial charge is 0.416 e. The van der Waals surface area contributed by atoms with Gasteiger partial charge in [-0.25, -0.2) is 0 Å². The zero-order valence-electron chi connectivity index (χ0n) is 19.8. The van der Waals surface area contributed by atoms with Gasteiger partial charge in [0.2, 0.25) is 0 Å². The van der Waals surface area contributed by atoms with Crippen LogP contribution in [-0.2, 0) is 18.1 Å². The maximum absolute atomic E-state index is 13.0. The van der Waals surface area contributed by atoms with E-state index in [1.165, 1.54) is 17.7 Å². The molecule has 0 aromatic heterocycles. The molecule has 0 bridgehead atoms. The van der Waals surface area contributed by atoms with E-state index in [1.807, 2.05) is 32.0 Å². The van der Waals surface area contributed by atoms with Crippen molar-refractivity contribution in [3.63, 3.8) is 0 Å². The summed E-state index contributed by atoms with van der Waals surface area (Å²) in [5.74, 6) is -0.0247. The maximum atomic E-state index is 13.0. The monoisotopic (exact) mass is 444 g/mol. The van der Waals surface area contributed by atoms with Gasteiger partial charge >= 0.3 is 6.18 Å². The van der Waals surface area contributed by atoms with Gasteiger partial charge in [0.1, 0.15) is 0 Å². The molecule has 0 heterocycles. The number of alkyl halides is 3. The van der Waals surface area contributed by atoms with Crippen molar-refractivity contribution < 1.29 is 13.2 Å². The fraction of sp³-hybridized carbons (Fsp3) is 0.519. The summed E-state index contributed by atoms with van der Waals surface area (Å²) in [6, 6.07) is 18.6. The molecule has 2 aromatic rings. The lowest BCUT2D eigenvalue weighted by molar-refractivity contribution is -0.137. The molecule has 2 nitrogen and oxygen atoms in total. The van der Waals surface area contributed by atoms with Gasteiger partial charge < -0.3 is 0 Å². The van der Waals surface area contributed by atoms with Crippen molar-refractivity contribution in [1.82, 2.24) is 4.90 Å².